The predicted molar refractivity (Wildman–Crippen MR) is 298 cm³/mol. The molecule has 0 saturated carbocycles. The topological polar surface area (TPSA) is 139 Å². The van der Waals surface area contributed by atoms with Crippen LogP contribution in [0, 0.1) is 0 Å². The maximum atomic E-state index is 14.3. The zero-order valence-corrected chi connectivity index (χ0v) is 46.9. The minimum Gasteiger partial charge on any atom is -0.462 e. The Bertz CT molecular complexity index is 1630. The molecule has 0 aromatic heterocycles. The number of aliphatic hydroxyl groups is 1. The lowest BCUT2D eigenvalue weighted by atomic mass is 9.96. The first kappa shape index (κ1) is 64.9. The molecule has 0 aliphatic carbocycles. The zero-order valence-electron chi connectivity index (χ0n) is 46.9. The van der Waals surface area contributed by atoms with E-state index in [-0.39, 0.29) is 38.8 Å². The van der Waals surface area contributed by atoms with Gasteiger partial charge in [-0.15, -0.1) is 0 Å². The number of benzene rings is 2. The summed E-state index contributed by atoms with van der Waals surface area (Å²) in [5.41, 5.74) is 1.88. The highest BCUT2D eigenvalue weighted by molar-refractivity contribution is 5.78. The summed E-state index contributed by atoms with van der Waals surface area (Å²) in [7, 11) is 0. The van der Waals surface area contributed by atoms with Crippen LogP contribution in [0.4, 0.5) is 0 Å². The van der Waals surface area contributed by atoms with Gasteiger partial charge in [0.25, 0.3) is 0 Å². The number of rotatable bonds is 48. The largest absolute Gasteiger partial charge is 0.462 e. The van der Waals surface area contributed by atoms with Crippen molar-refractivity contribution < 1.29 is 47.9 Å². The molecular weight excluding hydrogens is 931 g/mol. The molecule has 74 heavy (non-hydrogen) atoms. The van der Waals surface area contributed by atoms with E-state index in [4.69, 9.17) is 28.4 Å². The van der Waals surface area contributed by atoms with Crippen LogP contribution in [0.2, 0.25) is 0 Å². The molecule has 0 bridgehead atoms. The molecule has 0 unspecified atom stereocenters. The number of carbonyl (C=O) groups excluding carboxylic acids is 3. The second-order valence-electron chi connectivity index (χ2n) is 21.2. The van der Waals surface area contributed by atoms with Crippen LogP contribution in [0.15, 0.2) is 60.7 Å². The van der Waals surface area contributed by atoms with Gasteiger partial charge in [0.15, 0.2) is 12.4 Å². The number of hydrogen-bond donors (Lipinski definition) is 2. The normalized spacial score (nSPS) is 18.0. The van der Waals surface area contributed by atoms with Gasteiger partial charge in [-0.3, -0.25) is 14.4 Å². The molecule has 1 saturated heterocycles. The lowest BCUT2D eigenvalue weighted by Crippen LogP contribution is -2.66. The molecule has 0 spiro atoms. The van der Waals surface area contributed by atoms with Crippen molar-refractivity contribution in [2.45, 2.75) is 295 Å². The molecule has 6 atom stereocenters. The van der Waals surface area contributed by atoms with Crippen LogP contribution in [0.25, 0.3) is 0 Å². The number of ether oxygens (including phenoxy) is 6. The molecular formula is C63H105NO10. The number of hydrogen-bond acceptors (Lipinski definition) is 10. The van der Waals surface area contributed by atoms with Crippen molar-refractivity contribution in [2.75, 3.05) is 13.4 Å². The van der Waals surface area contributed by atoms with Crippen molar-refractivity contribution in [2.24, 2.45) is 0 Å². The lowest BCUT2D eigenvalue weighted by molar-refractivity contribution is -0.282. The van der Waals surface area contributed by atoms with E-state index >= 15 is 0 Å². The molecule has 1 heterocycles. The Hall–Kier alpha value is -3.35. The SMILES string of the molecule is CCCCCCCCCCCCCC(=O)O[C@H](CCCCCCCCCCC)CC(=O)N[C@H]1[C@@H](OCc2ccccc2)O[C@H](COCOCc2ccccc2)[C@H](O)[C@@H]1OC(=O)CCCCCCCCCCCCC. The van der Waals surface area contributed by atoms with Gasteiger partial charge in [-0.05, 0) is 36.8 Å². The summed E-state index contributed by atoms with van der Waals surface area (Å²) >= 11 is 0. The number of esters is 2. The van der Waals surface area contributed by atoms with Gasteiger partial charge in [0.1, 0.15) is 31.1 Å². The molecule has 1 aliphatic rings. The van der Waals surface area contributed by atoms with Crippen molar-refractivity contribution in [1.82, 2.24) is 5.32 Å². The van der Waals surface area contributed by atoms with Crippen molar-refractivity contribution in [3.63, 3.8) is 0 Å². The summed E-state index contributed by atoms with van der Waals surface area (Å²) in [4.78, 5) is 41.4. The Morgan fingerprint density at radius 1 is 0.541 bits per heavy atom. The van der Waals surface area contributed by atoms with Crippen LogP contribution in [0.1, 0.15) is 257 Å². The maximum Gasteiger partial charge on any atom is 0.306 e. The van der Waals surface area contributed by atoms with E-state index in [0.717, 1.165) is 68.9 Å². The molecule has 0 radical (unpaired) electrons. The highest BCUT2D eigenvalue weighted by atomic mass is 16.7. The highest BCUT2D eigenvalue weighted by Gasteiger charge is 2.49. The van der Waals surface area contributed by atoms with Gasteiger partial charge >= 0.3 is 11.9 Å². The summed E-state index contributed by atoms with van der Waals surface area (Å²) in [5, 5.41) is 15.1. The third-order valence-electron chi connectivity index (χ3n) is 14.4. The van der Waals surface area contributed by atoms with E-state index in [0.29, 0.717) is 25.9 Å². The molecule has 1 aliphatic heterocycles. The Morgan fingerprint density at radius 2 is 0.973 bits per heavy atom. The first-order chi connectivity index (χ1) is 36.3. The number of nitrogens with one attached hydrogen (secondary N) is 1. The van der Waals surface area contributed by atoms with Crippen LogP contribution in [-0.2, 0) is 56.0 Å². The van der Waals surface area contributed by atoms with Crippen LogP contribution < -0.4 is 5.32 Å². The fraction of sp³-hybridized carbons (Fsp3) is 0.762. The quantitative estimate of drug-likeness (QED) is 0.0374. The third-order valence-corrected chi connectivity index (χ3v) is 14.4. The van der Waals surface area contributed by atoms with Crippen LogP contribution >= 0.6 is 0 Å². The van der Waals surface area contributed by atoms with Crippen molar-refractivity contribution >= 4 is 17.8 Å². The monoisotopic (exact) mass is 1040 g/mol. The number of unbranched alkanes of at least 4 members (excludes halogenated alkanes) is 28. The predicted octanol–water partition coefficient (Wildman–Crippen LogP) is 15.5. The lowest BCUT2D eigenvalue weighted by Gasteiger charge is -2.44. The highest BCUT2D eigenvalue weighted by Crippen LogP contribution is 2.28. The summed E-state index contributed by atoms with van der Waals surface area (Å²) in [6, 6.07) is 18.3. The van der Waals surface area contributed by atoms with Crippen molar-refractivity contribution in [1.29, 1.82) is 0 Å². The van der Waals surface area contributed by atoms with Crippen LogP contribution in [0.3, 0.4) is 0 Å². The van der Waals surface area contributed by atoms with E-state index in [1.807, 2.05) is 60.7 Å². The van der Waals surface area contributed by atoms with Gasteiger partial charge in [0.2, 0.25) is 5.91 Å². The van der Waals surface area contributed by atoms with E-state index in [1.54, 1.807) is 0 Å². The molecule has 11 heteroatoms. The Labute approximate surface area is 450 Å². The van der Waals surface area contributed by atoms with Gasteiger partial charge < -0.3 is 38.8 Å². The number of carbonyl (C=O) groups is 3. The minimum absolute atomic E-state index is 0.0567. The Balaban J connectivity index is 1.70. The molecule has 3 rings (SSSR count). The first-order valence-corrected chi connectivity index (χ1v) is 30.2. The first-order valence-electron chi connectivity index (χ1n) is 30.2. The maximum absolute atomic E-state index is 14.3. The molecule has 1 fully saturated rings. The molecule has 2 aromatic carbocycles. The Morgan fingerprint density at radius 3 is 1.46 bits per heavy atom. The van der Waals surface area contributed by atoms with Gasteiger partial charge in [0, 0.05) is 12.8 Å². The smallest absolute Gasteiger partial charge is 0.306 e. The number of aliphatic hydroxyl groups excluding tert-OH is 1. The second-order valence-corrected chi connectivity index (χ2v) is 21.2. The molecule has 2 N–H and O–H groups in total. The van der Waals surface area contributed by atoms with Gasteiger partial charge in [-0.2, -0.15) is 0 Å². The van der Waals surface area contributed by atoms with Crippen molar-refractivity contribution in [3.05, 3.63) is 71.8 Å². The Kier molecular flexibility index (Phi) is 39.3. The molecule has 11 nitrogen and oxygen atoms in total. The molecule has 2 aromatic rings. The average molecular weight is 1040 g/mol. The van der Waals surface area contributed by atoms with E-state index in [1.165, 1.54) is 135 Å². The molecule has 422 valence electrons. The zero-order chi connectivity index (χ0) is 52.9. The van der Waals surface area contributed by atoms with Crippen molar-refractivity contribution in [3.8, 4) is 0 Å². The van der Waals surface area contributed by atoms with E-state index < -0.39 is 48.6 Å². The van der Waals surface area contributed by atoms with Crippen LogP contribution in [-0.4, -0.2) is 73.1 Å². The summed E-state index contributed by atoms with van der Waals surface area (Å²) in [6.45, 7) is 7.07. The fourth-order valence-corrected chi connectivity index (χ4v) is 9.86. The van der Waals surface area contributed by atoms with Gasteiger partial charge in [-0.25, -0.2) is 0 Å². The van der Waals surface area contributed by atoms with E-state index in [2.05, 4.69) is 26.1 Å². The standard InChI is InChI=1S/C63H105NO10/c1-4-7-10-13-16-19-21-24-27-30-39-46-58(66)72-55(45-38-29-26-23-18-15-12-9-6-3)48-57(65)64-60-62(74-59(67)47-40-31-28-25-22-20-17-14-11-8-5-2)61(68)56(51-70-52-69-49-53-41-34-32-35-42-53)73-63(60)71-50-54-43-36-33-37-44-54/h32-37,41-44,55-56,60-63,68H,4-31,38-40,45-52H2,1-3H3,(H,64,65)/t55-,56-,60-,61+,62-,63+/m1/s1. The van der Waals surface area contributed by atoms with Crippen LogP contribution in [0.5, 0.6) is 0 Å². The van der Waals surface area contributed by atoms with Gasteiger partial charge in [0.05, 0.1) is 26.2 Å². The fourth-order valence-electron chi connectivity index (χ4n) is 9.86. The third kappa shape index (κ3) is 32.3. The summed E-state index contributed by atoms with van der Waals surface area (Å²) in [5.74, 6) is -1.14. The number of amides is 1. The van der Waals surface area contributed by atoms with E-state index in [9.17, 15) is 19.5 Å². The van der Waals surface area contributed by atoms with Gasteiger partial charge in [-0.1, -0.05) is 261 Å². The minimum atomic E-state index is -1.37. The summed E-state index contributed by atoms with van der Waals surface area (Å²) in [6.07, 6.45) is 31.9. The average Bonchev–Trinajstić information content (AvgIpc) is 3.40. The second kappa shape index (κ2) is 44.7. The molecule has 1 amide bonds. The summed E-state index contributed by atoms with van der Waals surface area (Å²) < 4.78 is 36.8.